The molecule has 0 spiro atoms. The van der Waals surface area contributed by atoms with Crippen LogP contribution in [0.4, 0.5) is 5.69 Å². The van der Waals surface area contributed by atoms with E-state index in [1.54, 1.807) is 48.8 Å². The van der Waals surface area contributed by atoms with E-state index in [2.05, 4.69) is 15.0 Å². The molecule has 0 radical (unpaired) electrons. The fourth-order valence-corrected chi connectivity index (χ4v) is 3.91. The highest BCUT2D eigenvalue weighted by molar-refractivity contribution is 7.92. The molecule has 1 unspecified atom stereocenters. The molecule has 1 aromatic heterocycles. The van der Waals surface area contributed by atoms with E-state index in [0.717, 1.165) is 5.56 Å². The molecule has 0 fully saturated rings. The minimum atomic E-state index is -3.90. The molecule has 0 aliphatic carbocycles. The van der Waals surface area contributed by atoms with Gasteiger partial charge in [0, 0.05) is 18.0 Å². The van der Waals surface area contributed by atoms with Crippen molar-refractivity contribution in [3.05, 3.63) is 89.2 Å². The van der Waals surface area contributed by atoms with Gasteiger partial charge in [-0.1, -0.05) is 35.9 Å². The highest BCUT2D eigenvalue weighted by atomic mass is 35.5. The van der Waals surface area contributed by atoms with E-state index in [0.29, 0.717) is 0 Å². The molecule has 2 N–H and O–H groups in total. The lowest BCUT2D eigenvalue weighted by molar-refractivity contribution is 0.0939. The SMILES string of the molecule is CC(NC(=O)c1cccc(S(=O)(=O)Nc2ccccc2Cl)c1)c1cccnc1. The van der Waals surface area contributed by atoms with Crippen LogP contribution in [0.25, 0.3) is 0 Å². The van der Waals surface area contributed by atoms with Gasteiger partial charge in [0.2, 0.25) is 0 Å². The van der Waals surface area contributed by atoms with Gasteiger partial charge >= 0.3 is 0 Å². The van der Waals surface area contributed by atoms with E-state index in [-0.39, 0.29) is 33.1 Å². The Morgan fingerprint density at radius 1 is 1.07 bits per heavy atom. The number of hydrogen-bond acceptors (Lipinski definition) is 4. The number of nitrogens with zero attached hydrogens (tertiary/aromatic N) is 1. The van der Waals surface area contributed by atoms with Crippen molar-refractivity contribution in [3.8, 4) is 0 Å². The third kappa shape index (κ3) is 4.68. The van der Waals surface area contributed by atoms with E-state index < -0.39 is 10.0 Å². The van der Waals surface area contributed by atoms with Gasteiger partial charge in [-0.15, -0.1) is 0 Å². The van der Waals surface area contributed by atoms with Gasteiger partial charge in [-0.3, -0.25) is 14.5 Å². The lowest BCUT2D eigenvalue weighted by Crippen LogP contribution is -2.27. The molecule has 0 saturated heterocycles. The number of nitrogens with one attached hydrogen (secondary N) is 2. The number of carbonyl (C=O) groups excluding carboxylic acids is 1. The summed E-state index contributed by atoms with van der Waals surface area (Å²) in [5, 5.41) is 3.12. The summed E-state index contributed by atoms with van der Waals surface area (Å²) < 4.78 is 27.8. The molecular formula is C20H18ClN3O3S. The number of benzene rings is 2. The van der Waals surface area contributed by atoms with Crippen molar-refractivity contribution in [2.45, 2.75) is 17.9 Å². The van der Waals surface area contributed by atoms with Gasteiger partial charge in [0.1, 0.15) is 0 Å². The van der Waals surface area contributed by atoms with Crippen LogP contribution in [0.15, 0.2) is 78.0 Å². The van der Waals surface area contributed by atoms with Gasteiger partial charge in [-0.2, -0.15) is 0 Å². The Bertz CT molecular complexity index is 1090. The molecular weight excluding hydrogens is 398 g/mol. The van der Waals surface area contributed by atoms with Crippen molar-refractivity contribution in [1.82, 2.24) is 10.3 Å². The lowest BCUT2D eigenvalue weighted by atomic mass is 10.1. The van der Waals surface area contributed by atoms with E-state index in [4.69, 9.17) is 11.6 Å². The first-order chi connectivity index (χ1) is 13.4. The predicted octanol–water partition coefficient (Wildman–Crippen LogP) is 4.03. The van der Waals surface area contributed by atoms with E-state index in [1.807, 2.05) is 13.0 Å². The van der Waals surface area contributed by atoms with Gasteiger partial charge in [0.05, 0.1) is 21.6 Å². The number of sulfonamides is 1. The van der Waals surface area contributed by atoms with Crippen LogP contribution in [0, 0.1) is 0 Å². The van der Waals surface area contributed by atoms with Crippen LogP contribution >= 0.6 is 11.6 Å². The van der Waals surface area contributed by atoms with Gasteiger partial charge in [-0.05, 0) is 48.9 Å². The Hall–Kier alpha value is -2.90. The topological polar surface area (TPSA) is 88.2 Å². The monoisotopic (exact) mass is 415 g/mol. The molecule has 1 atom stereocenters. The van der Waals surface area contributed by atoms with Crippen molar-refractivity contribution in [1.29, 1.82) is 0 Å². The second-order valence-corrected chi connectivity index (χ2v) is 8.18. The summed E-state index contributed by atoms with van der Waals surface area (Å²) in [6.45, 7) is 1.83. The molecule has 8 heteroatoms. The summed E-state index contributed by atoms with van der Waals surface area (Å²) in [4.78, 5) is 16.5. The van der Waals surface area contributed by atoms with E-state index in [1.165, 1.54) is 18.2 Å². The summed E-state index contributed by atoms with van der Waals surface area (Å²) >= 11 is 6.02. The van der Waals surface area contributed by atoms with Crippen LogP contribution in [-0.4, -0.2) is 19.3 Å². The molecule has 1 amide bonds. The first-order valence-corrected chi connectivity index (χ1v) is 10.3. The van der Waals surface area contributed by atoms with Crippen molar-refractivity contribution in [3.63, 3.8) is 0 Å². The molecule has 144 valence electrons. The van der Waals surface area contributed by atoms with Crippen LogP contribution in [0.5, 0.6) is 0 Å². The number of anilines is 1. The van der Waals surface area contributed by atoms with Gasteiger partial charge in [0.25, 0.3) is 15.9 Å². The summed E-state index contributed by atoms with van der Waals surface area (Å²) in [5.74, 6) is -0.383. The number of para-hydroxylation sites is 1. The van der Waals surface area contributed by atoms with Crippen LogP contribution in [0.2, 0.25) is 5.02 Å². The smallest absolute Gasteiger partial charge is 0.261 e. The number of amides is 1. The van der Waals surface area contributed by atoms with Crippen LogP contribution < -0.4 is 10.0 Å². The lowest BCUT2D eigenvalue weighted by Gasteiger charge is -2.14. The number of halogens is 1. The van der Waals surface area contributed by atoms with Gasteiger partial charge in [0.15, 0.2) is 0 Å². The first-order valence-electron chi connectivity index (χ1n) is 8.45. The second-order valence-electron chi connectivity index (χ2n) is 6.09. The maximum absolute atomic E-state index is 12.7. The Kier molecular flexibility index (Phi) is 5.96. The fraction of sp³-hybridized carbons (Fsp3) is 0.100. The zero-order valence-corrected chi connectivity index (χ0v) is 16.5. The summed E-state index contributed by atoms with van der Waals surface area (Å²) in [7, 11) is -3.90. The highest BCUT2D eigenvalue weighted by Gasteiger charge is 2.18. The van der Waals surface area contributed by atoms with Crippen molar-refractivity contribution in [2.75, 3.05) is 4.72 Å². The summed E-state index contributed by atoms with van der Waals surface area (Å²) in [6, 6.07) is 15.7. The molecule has 2 aromatic carbocycles. The summed E-state index contributed by atoms with van der Waals surface area (Å²) in [6.07, 6.45) is 3.32. The Labute approximate surface area is 168 Å². The zero-order chi connectivity index (χ0) is 20.1. The van der Waals surface area contributed by atoms with Gasteiger partial charge < -0.3 is 5.32 Å². The number of rotatable bonds is 6. The maximum Gasteiger partial charge on any atom is 0.261 e. The van der Waals surface area contributed by atoms with E-state index >= 15 is 0 Å². The Morgan fingerprint density at radius 3 is 2.57 bits per heavy atom. The Balaban J connectivity index is 1.79. The Morgan fingerprint density at radius 2 is 1.86 bits per heavy atom. The molecule has 0 saturated carbocycles. The standard InChI is InChI=1S/C20H18ClN3O3S/c1-14(16-7-5-11-22-13-16)23-20(25)15-6-4-8-17(12-15)28(26,27)24-19-10-3-2-9-18(19)21/h2-14,24H,1H3,(H,23,25). The number of aromatic nitrogens is 1. The molecule has 3 aromatic rings. The molecule has 0 aliphatic heterocycles. The highest BCUT2D eigenvalue weighted by Crippen LogP contribution is 2.24. The average Bonchev–Trinajstić information content (AvgIpc) is 2.70. The average molecular weight is 416 g/mol. The molecule has 6 nitrogen and oxygen atoms in total. The van der Waals surface area contributed by atoms with Gasteiger partial charge in [-0.25, -0.2) is 8.42 Å². The third-order valence-corrected chi connectivity index (χ3v) is 5.75. The molecule has 0 bridgehead atoms. The minimum Gasteiger partial charge on any atom is -0.345 e. The zero-order valence-electron chi connectivity index (χ0n) is 15.0. The quantitative estimate of drug-likeness (QED) is 0.636. The fourth-order valence-electron chi connectivity index (χ4n) is 2.55. The normalized spacial score (nSPS) is 12.2. The number of hydrogen-bond donors (Lipinski definition) is 2. The minimum absolute atomic E-state index is 0.0332. The van der Waals surface area contributed by atoms with Crippen molar-refractivity contribution in [2.24, 2.45) is 0 Å². The molecule has 1 heterocycles. The summed E-state index contributed by atoms with van der Waals surface area (Å²) in [5.41, 5.74) is 1.35. The maximum atomic E-state index is 12.7. The third-order valence-electron chi connectivity index (χ3n) is 4.06. The second kappa shape index (κ2) is 8.41. The number of pyridine rings is 1. The predicted molar refractivity (Wildman–Crippen MR) is 109 cm³/mol. The van der Waals surface area contributed by atoms with E-state index in [9.17, 15) is 13.2 Å². The largest absolute Gasteiger partial charge is 0.345 e. The molecule has 3 rings (SSSR count). The first kappa shape index (κ1) is 19.9. The molecule has 28 heavy (non-hydrogen) atoms. The number of carbonyl (C=O) groups is 1. The van der Waals surface area contributed by atoms with Crippen molar-refractivity contribution < 1.29 is 13.2 Å². The van der Waals surface area contributed by atoms with Crippen LogP contribution in [-0.2, 0) is 10.0 Å². The van der Waals surface area contributed by atoms with Crippen molar-refractivity contribution >= 4 is 33.2 Å². The van der Waals surface area contributed by atoms with Crippen LogP contribution in [0.1, 0.15) is 28.9 Å². The van der Waals surface area contributed by atoms with Crippen LogP contribution in [0.3, 0.4) is 0 Å². The molecule has 0 aliphatic rings.